The van der Waals surface area contributed by atoms with E-state index in [0.29, 0.717) is 12.5 Å². The largest absolute Gasteiger partial charge is 0.480 e. The number of hydrogen-bond acceptors (Lipinski definition) is 3. The van der Waals surface area contributed by atoms with Gasteiger partial charge in [0.05, 0.1) is 0 Å². The fourth-order valence-corrected chi connectivity index (χ4v) is 2.23. The van der Waals surface area contributed by atoms with Crippen LogP contribution in [0.15, 0.2) is 16.9 Å². The van der Waals surface area contributed by atoms with Crippen LogP contribution in [0.25, 0.3) is 0 Å². The van der Waals surface area contributed by atoms with Crippen molar-refractivity contribution in [3.8, 4) is 0 Å². The minimum atomic E-state index is -4.72. The maximum absolute atomic E-state index is 12.4. The molecule has 0 saturated carbocycles. The molecule has 9 heteroatoms. The van der Waals surface area contributed by atoms with Gasteiger partial charge in [0.1, 0.15) is 17.3 Å². The molecule has 0 spiro atoms. The van der Waals surface area contributed by atoms with E-state index >= 15 is 0 Å². The maximum Gasteiger partial charge on any atom is 0.431 e. The molecule has 0 radical (unpaired) electrons. The molecule has 1 aromatic heterocycles. The lowest BCUT2D eigenvalue weighted by atomic mass is 10.2. The molecular weight excluding hydrogens is 293 g/mol. The quantitative estimate of drug-likeness (QED) is 0.855. The summed E-state index contributed by atoms with van der Waals surface area (Å²) in [6, 6.07) is 0.293. The van der Waals surface area contributed by atoms with Crippen LogP contribution in [0.2, 0.25) is 0 Å². The Morgan fingerprint density at radius 3 is 2.52 bits per heavy atom. The van der Waals surface area contributed by atoms with Crippen LogP contribution < -0.4 is 5.56 Å². The van der Waals surface area contributed by atoms with E-state index in [1.807, 2.05) is 0 Å². The number of likely N-dealkylation sites (tertiary alicyclic amines) is 1. The van der Waals surface area contributed by atoms with Gasteiger partial charge in [-0.05, 0) is 25.0 Å². The van der Waals surface area contributed by atoms with Crippen LogP contribution in [0.1, 0.15) is 28.9 Å². The highest BCUT2D eigenvalue weighted by Gasteiger charge is 2.36. The number of carbonyl (C=O) groups is 2. The summed E-state index contributed by atoms with van der Waals surface area (Å²) in [4.78, 5) is 37.3. The number of amides is 1. The number of carboxylic acids is 1. The molecule has 1 saturated heterocycles. The minimum Gasteiger partial charge on any atom is -0.480 e. The molecule has 1 unspecified atom stereocenters. The number of H-pyrrole nitrogens is 1. The molecule has 2 heterocycles. The number of nitrogens with one attached hydrogen (secondary N) is 1. The predicted molar refractivity (Wildman–Crippen MR) is 63.8 cm³/mol. The smallest absolute Gasteiger partial charge is 0.431 e. The molecule has 0 aromatic carbocycles. The van der Waals surface area contributed by atoms with Gasteiger partial charge in [0.15, 0.2) is 0 Å². The molecule has 1 aliphatic rings. The molecule has 2 rings (SSSR count). The Morgan fingerprint density at radius 1 is 1.33 bits per heavy atom. The first-order chi connectivity index (χ1) is 9.71. The number of aromatic nitrogens is 1. The third-order valence-corrected chi connectivity index (χ3v) is 3.24. The Kier molecular flexibility index (Phi) is 3.75. The van der Waals surface area contributed by atoms with Gasteiger partial charge in [0, 0.05) is 6.54 Å². The summed E-state index contributed by atoms with van der Waals surface area (Å²) in [5, 5.41) is 8.97. The zero-order chi connectivity index (χ0) is 15.8. The minimum absolute atomic E-state index is 0.149. The number of hydrogen-bond donors (Lipinski definition) is 2. The number of carboxylic acid groups (broad SMARTS) is 1. The van der Waals surface area contributed by atoms with Crippen molar-refractivity contribution >= 4 is 11.9 Å². The molecule has 2 N–H and O–H groups in total. The van der Waals surface area contributed by atoms with Gasteiger partial charge in [-0.25, -0.2) is 4.79 Å². The van der Waals surface area contributed by atoms with E-state index in [0.717, 1.165) is 11.0 Å². The number of nitrogens with zero attached hydrogens (tertiary/aromatic N) is 1. The average molecular weight is 304 g/mol. The van der Waals surface area contributed by atoms with Gasteiger partial charge in [0.2, 0.25) is 0 Å². The third-order valence-electron chi connectivity index (χ3n) is 3.24. The highest BCUT2D eigenvalue weighted by Crippen LogP contribution is 2.27. The van der Waals surface area contributed by atoms with Crippen LogP contribution in [-0.2, 0) is 11.0 Å². The highest BCUT2D eigenvalue weighted by atomic mass is 19.4. The summed E-state index contributed by atoms with van der Waals surface area (Å²) >= 11 is 0. The van der Waals surface area contributed by atoms with E-state index in [1.54, 1.807) is 4.98 Å². The van der Waals surface area contributed by atoms with E-state index in [2.05, 4.69) is 0 Å². The molecular formula is C12H11F3N2O4. The highest BCUT2D eigenvalue weighted by molar-refractivity contribution is 5.96. The van der Waals surface area contributed by atoms with Gasteiger partial charge in [-0.15, -0.1) is 0 Å². The topological polar surface area (TPSA) is 90.5 Å². The lowest BCUT2D eigenvalue weighted by Gasteiger charge is -2.21. The van der Waals surface area contributed by atoms with Crippen molar-refractivity contribution in [1.82, 2.24) is 9.88 Å². The molecule has 0 bridgehead atoms. The standard InChI is InChI=1S/C12H11F3N2O4/c13-12(14,15)8-4-3-6(9(18)16-8)10(19)17-5-1-2-7(17)11(20)21/h3-4,7H,1-2,5H2,(H,16,18)(H,20,21). The SMILES string of the molecule is O=C(O)C1CCCN1C(=O)c1ccc(C(F)(F)F)[nH]c1=O. The maximum atomic E-state index is 12.4. The normalized spacial score (nSPS) is 18.8. The third kappa shape index (κ3) is 2.91. The first-order valence-corrected chi connectivity index (χ1v) is 6.06. The summed E-state index contributed by atoms with van der Waals surface area (Å²) in [5.41, 5.74) is -2.96. The number of pyridine rings is 1. The molecule has 1 aromatic rings. The van der Waals surface area contributed by atoms with Crippen molar-refractivity contribution in [2.45, 2.75) is 25.1 Å². The number of alkyl halides is 3. The number of halogens is 3. The van der Waals surface area contributed by atoms with Crippen molar-refractivity contribution in [1.29, 1.82) is 0 Å². The van der Waals surface area contributed by atoms with E-state index < -0.39 is 40.9 Å². The van der Waals surface area contributed by atoms with E-state index in [9.17, 15) is 27.6 Å². The Labute approximate surface area is 116 Å². The Morgan fingerprint density at radius 2 is 2.00 bits per heavy atom. The average Bonchev–Trinajstić information content (AvgIpc) is 2.86. The molecule has 114 valence electrons. The second kappa shape index (κ2) is 5.23. The summed E-state index contributed by atoms with van der Waals surface area (Å²) in [7, 11) is 0. The summed E-state index contributed by atoms with van der Waals surface area (Å²) in [6.07, 6.45) is -4.02. The Hall–Kier alpha value is -2.32. The number of rotatable bonds is 2. The summed E-state index contributed by atoms with van der Waals surface area (Å²) in [5.74, 6) is -2.08. The summed E-state index contributed by atoms with van der Waals surface area (Å²) in [6.45, 7) is 0.149. The monoisotopic (exact) mass is 304 g/mol. The molecule has 1 fully saturated rings. The molecule has 21 heavy (non-hydrogen) atoms. The first-order valence-electron chi connectivity index (χ1n) is 6.06. The Bertz CT molecular complexity index is 638. The zero-order valence-corrected chi connectivity index (χ0v) is 10.6. The van der Waals surface area contributed by atoms with Crippen molar-refractivity contribution < 1.29 is 27.9 Å². The van der Waals surface area contributed by atoms with Gasteiger partial charge in [-0.3, -0.25) is 9.59 Å². The lowest BCUT2D eigenvalue weighted by Crippen LogP contribution is -2.42. The molecule has 0 aliphatic carbocycles. The van der Waals surface area contributed by atoms with Gasteiger partial charge >= 0.3 is 12.1 Å². The van der Waals surface area contributed by atoms with Crippen LogP contribution in [0.5, 0.6) is 0 Å². The first kappa shape index (κ1) is 15.1. The fraction of sp³-hybridized carbons (Fsp3) is 0.417. The van der Waals surface area contributed by atoms with Crippen LogP contribution in [0, 0.1) is 0 Å². The van der Waals surface area contributed by atoms with Crippen LogP contribution >= 0.6 is 0 Å². The van der Waals surface area contributed by atoms with Gasteiger partial charge in [-0.2, -0.15) is 13.2 Å². The lowest BCUT2D eigenvalue weighted by molar-refractivity contribution is -0.142. The van der Waals surface area contributed by atoms with Crippen molar-refractivity contribution in [3.63, 3.8) is 0 Å². The van der Waals surface area contributed by atoms with Crippen LogP contribution in [0.3, 0.4) is 0 Å². The molecule has 6 nitrogen and oxygen atoms in total. The Balaban J connectivity index is 2.32. The molecule has 1 atom stereocenters. The second-order valence-electron chi connectivity index (χ2n) is 4.61. The fourth-order valence-electron chi connectivity index (χ4n) is 2.23. The predicted octanol–water partition coefficient (Wildman–Crippen LogP) is 1.08. The van der Waals surface area contributed by atoms with Crippen molar-refractivity contribution in [2.24, 2.45) is 0 Å². The van der Waals surface area contributed by atoms with Crippen LogP contribution in [0.4, 0.5) is 13.2 Å². The van der Waals surface area contributed by atoms with Gasteiger partial charge in [0.25, 0.3) is 11.5 Å². The zero-order valence-electron chi connectivity index (χ0n) is 10.6. The van der Waals surface area contributed by atoms with Gasteiger partial charge < -0.3 is 15.0 Å². The van der Waals surface area contributed by atoms with Gasteiger partial charge in [-0.1, -0.05) is 0 Å². The second-order valence-corrected chi connectivity index (χ2v) is 4.61. The summed E-state index contributed by atoms with van der Waals surface area (Å²) < 4.78 is 37.3. The number of carbonyl (C=O) groups excluding carboxylic acids is 1. The van der Waals surface area contributed by atoms with E-state index in [-0.39, 0.29) is 13.0 Å². The van der Waals surface area contributed by atoms with Crippen LogP contribution in [-0.4, -0.2) is 39.5 Å². The van der Waals surface area contributed by atoms with Crippen molar-refractivity contribution in [3.05, 3.63) is 33.7 Å². The number of aliphatic carboxylic acids is 1. The van der Waals surface area contributed by atoms with Crippen molar-refractivity contribution in [2.75, 3.05) is 6.54 Å². The molecule has 1 amide bonds. The van der Waals surface area contributed by atoms with E-state index in [4.69, 9.17) is 5.11 Å². The molecule has 1 aliphatic heterocycles. The number of aromatic amines is 1. The van der Waals surface area contributed by atoms with E-state index in [1.165, 1.54) is 0 Å².